The van der Waals surface area contributed by atoms with E-state index in [1.165, 1.54) is 10.8 Å². The summed E-state index contributed by atoms with van der Waals surface area (Å²) in [5.41, 5.74) is 1.11. The van der Waals surface area contributed by atoms with Gasteiger partial charge in [0.15, 0.2) is 0 Å². The normalized spacial score (nSPS) is 15.8. The molecule has 1 fully saturated rings. The average Bonchev–Trinajstić information content (AvgIpc) is 3.17. The summed E-state index contributed by atoms with van der Waals surface area (Å²) in [4.78, 5) is 14.7. The molecule has 122 valence electrons. The summed E-state index contributed by atoms with van der Waals surface area (Å²) in [6, 6.07) is 14.8. The van der Waals surface area contributed by atoms with Crippen molar-refractivity contribution in [1.82, 2.24) is 19.9 Å². The summed E-state index contributed by atoms with van der Waals surface area (Å²) in [5, 5.41) is 10.3. The Morgan fingerprint density at radius 2 is 1.88 bits per heavy atom. The molecular weight excluding hydrogens is 300 g/mol. The first-order chi connectivity index (χ1) is 11.8. The predicted octanol–water partition coefficient (Wildman–Crippen LogP) is 2.84. The number of likely N-dealkylation sites (tertiary alicyclic amines) is 1. The predicted molar refractivity (Wildman–Crippen MR) is 92.5 cm³/mol. The molecule has 3 aromatic rings. The van der Waals surface area contributed by atoms with E-state index in [0.29, 0.717) is 12.5 Å². The highest BCUT2D eigenvalue weighted by Crippen LogP contribution is 2.23. The second-order valence-electron chi connectivity index (χ2n) is 6.31. The molecule has 1 amide bonds. The quantitative estimate of drug-likeness (QED) is 0.745. The molecule has 0 aliphatic carbocycles. The van der Waals surface area contributed by atoms with Gasteiger partial charge < -0.3 is 4.90 Å². The second-order valence-corrected chi connectivity index (χ2v) is 6.31. The number of benzene rings is 2. The molecule has 1 aromatic heterocycles. The lowest BCUT2D eigenvalue weighted by Crippen LogP contribution is -2.40. The summed E-state index contributed by atoms with van der Waals surface area (Å²) in [5.74, 6) is 0.211. The molecule has 1 saturated heterocycles. The van der Waals surface area contributed by atoms with Crippen LogP contribution in [0.15, 0.2) is 54.9 Å². The van der Waals surface area contributed by atoms with Gasteiger partial charge in [0.2, 0.25) is 5.91 Å². The molecule has 2 heterocycles. The van der Waals surface area contributed by atoms with E-state index in [2.05, 4.69) is 34.6 Å². The minimum atomic E-state index is 0.211. The first kappa shape index (κ1) is 14.9. The molecule has 0 spiro atoms. The lowest BCUT2D eigenvalue weighted by molar-refractivity contribution is -0.131. The van der Waals surface area contributed by atoms with Crippen molar-refractivity contribution in [2.75, 3.05) is 13.1 Å². The van der Waals surface area contributed by atoms with E-state index >= 15 is 0 Å². The summed E-state index contributed by atoms with van der Waals surface area (Å²) in [6.45, 7) is 1.57. The number of piperidine rings is 1. The molecule has 0 radical (unpaired) electrons. The third-order valence-corrected chi connectivity index (χ3v) is 4.85. The zero-order valence-corrected chi connectivity index (χ0v) is 13.5. The van der Waals surface area contributed by atoms with Crippen LogP contribution in [0.5, 0.6) is 0 Å². The van der Waals surface area contributed by atoms with Crippen molar-refractivity contribution in [2.45, 2.75) is 25.3 Å². The zero-order chi connectivity index (χ0) is 16.4. The maximum atomic E-state index is 12.7. The van der Waals surface area contributed by atoms with E-state index in [0.717, 1.165) is 31.5 Å². The highest BCUT2D eigenvalue weighted by Gasteiger charge is 2.24. The van der Waals surface area contributed by atoms with Gasteiger partial charge in [-0.3, -0.25) is 4.79 Å². The topological polar surface area (TPSA) is 51.0 Å². The molecule has 5 heteroatoms. The van der Waals surface area contributed by atoms with Crippen molar-refractivity contribution in [3.05, 3.63) is 60.4 Å². The number of hydrogen-bond acceptors (Lipinski definition) is 3. The van der Waals surface area contributed by atoms with Gasteiger partial charge in [0.1, 0.15) is 0 Å². The molecule has 1 aliphatic rings. The van der Waals surface area contributed by atoms with Gasteiger partial charge in [-0.1, -0.05) is 47.7 Å². The molecule has 0 unspecified atom stereocenters. The van der Waals surface area contributed by atoms with Crippen LogP contribution in [0.25, 0.3) is 10.8 Å². The summed E-state index contributed by atoms with van der Waals surface area (Å²) in [6.07, 6.45) is 5.95. The highest BCUT2D eigenvalue weighted by molar-refractivity contribution is 5.90. The second kappa shape index (κ2) is 6.43. The number of rotatable bonds is 3. The van der Waals surface area contributed by atoms with Crippen LogP contribution in [0, 0.1) is 0 Å². The Kier molecular flexibility index (Phi) is 3.99. The Labute approximate surface area is 140 Å². The number of amides is 1. The fourth-order valence-electron chi connectivity index (χ4n) is 3.51. The Morgan fingerprint density at radius 3 is 2.67 bits per heavy atom. The van der Waals surface area contributed by atoms with Crippen LogP contribution in [0.1, 0.15) is 24.4 Å². The van der Waals surface area contributed by atoms with Gasteiger partial charge in [-0.05, 0) is 29.2 Å². The lowest BCUT2D eigenvalue weighted by atomic mass is 10.0. The maximum Gasteiger partial charge on any atom is 0.227 e. The van der Waals surface area contributed by atoms with E-state index < -0.39 is 0 Å². The molecule has 0 N–H and O–H groups in total. The van der Waals surface area contributed by atoms with Crippen molar-refractivity contribution < 1.29 is 4.79 Å². The first-order valence-electron chi connectivity index (χ1n) is 8.41. The van der Waals surface area contributed by atoms with Crippen LogP contribution in [0.3, 0.4) is 0 Å². The molecule has 5 nitrogen and oxygen atoms in total. The lowest BCUT2D eigenvalue weighted by Gasteiger charge is -2.32. The Hall–Kier alpha value is -2.69. The van der Waals surface area contributed by atoms with Crippen LogP contribution in [0.2, 0.25) is 0 Å². The van der Waals surface area contributed by atoms with Gasteiger partial charge in [0.05, 0.1) is 18.7 Å². The summed E-state index contributed by atoms with van der Waals surface area (Å²) < 4.78 is 1.91. The third kappa shape index (κ3) is 2.89. The summed E-state index contributed by atoms with van der Waals surface area (Å²) >= 11 is 0. The third-order valence-electron chi connectivity index (χ3n) is 4.85. The van der Waals surface area contributed by atoms with Gasteiger partial charge >= 0.3 is 0 Å². The fourth-order valence-corrected chi connectivity index (χ4v) is 3.51. The molecule has 4 rings (SSSR count). The fraction of sp³-hybridized carbons (Fsp3) is 0.316. The van der Waals surface area contributed by atoms with Crippen LogP contribution >= 0.6 is 0 Å². The van der Waals surface area contributed by atoms with Crippen molar-refractivity contribution in [3.8, 4) is 0 Å². The van der Waals surface area contributed by atoms with E-state index in [9.17, 15) is 4.79 Å². The van der Waals surface area contributed by atoms with Crippen LogP contribution in [-0.2, 0) is 11.2 Å². The monoisotopic (exact) mass is 320 g/mol. The molecular formula is C19H20N4O. The average molecular weight is 320 g/mol. The minimum absolute atomic E-state index is 0.211. The van der Waals surface area contributed by atoms with E-state index in [1.54, 1.807) is 6.20 Å². The zero-order valence-electron chi connectivity index (χ0n) is 13.5. The standard InChI is InChI=1S/C19H20N4O/c24-19(14-16-6-3-5-15-4-1-2-7-18(15)16)22-11-8-17(9-12-22)23-13-10-20-21-23/h1-7,10,13,17H,8-9,11-12,14H2. The molecule has 1 aliphatic heterocycles. The van der Waals surface area contributed by atoms with Gasteiger partial charge in [-0.15, -0.1) is 5.10 Å². The maximum absolute atomic E-state index is 12.7. The number of nitrogens with zero attached hydrogens (tertiary/aromatic N) is 4. The van der Waals surface area contributed by atoms with Crippen molar-refractivity contribution in [1.29, 1.82) is 0 Å². The van der Waals surface area contributed by atoms with Crippen LogP contribution in [-0.4, -0.2) is 38.9 Å². The van der Waals surface area contributed by atoms with Gasteiger partial charge in [-0.2, -0.15) is 0 Å². The Balaban J connectivity index is 1.43. The molecule has 0 bridgehead atoms. The molecule has 0 atom stereocenters. The number of carbonyl (C=O) groups is 1. The number of aromatic nitrogens is 3. The smallest absolute Gasteiger partial charge is 0.227 e. The Morgan fingerprint density at radius 1 is 1.08 bits per heavy atom. The van der Waals surface area contributed by atoms with Crippen LogP contribution in [0.4, 0.5) is 0 Å². The highest BCUT2D eigenvalue weighted by atomic mass is 16.2. The number of hydrogen-bond donors (Lipinski definition) is 0. The van der Waals surface area contributed by atoms with E-state index in [-0.39, 0.29) is 5.91 Å². The minimum Gasteiger partial charge on any atom is -0.342 e. The summed E-state index contributed by atoms with van der Waals surface area (Å²) in [7, 11) is 0. The molecule has 2 aromatic carbocycles. The van der Waals surface area contributed by atoms with E-state index in [4.69, 9.17) is 0 Å². The SMILES string of the molecule is O=C(Cc1cccc2ccccc12)N1CCC(n2ccnn2)CC1. The molecule has 0 saturated carbocycles. The van der Waals surface area contributed by atoms with Gasteiger partial charge in [0.25, 0.3) is 0 Å². The number of fused-ring (bicyclic) bond motifs is 1. The first-order valence-corrected chi connectivity index (χ1v) is 8.41. The van der Waals surface area contributed by atoms with E-state index in [1.807, 2.05) is 34.0 Å². The van der Waals surface area contributed by atoms with Crippen molar-refractivity contribution in [3.63, 3.8) is 0 Å². The van der Waals surface area contributed by atoms with Gasteiger partial charge in [0, 0.05) is 19.3 Å². The largest absolute Gasteiger partial charge is 0.342 e. The van der Waals surface area contributed by atoms with Crippen molar-refractivity contribution >= 4 is 16.7 Å². The van der Waals surface area contributed by atoms with Crippen molar-refractivity contribution in [2.24, 2.45) is 0 Å². The molecule has 24 heavy (non-hydrogen) atoms. The van der Waals surface area contributed by atoms with Crippen LogP contribution < -0.4 is 0 Å². The number of carbonyl (C=O) groups excluding carboxylic acids is 1. The van der Waals surface area contributed by atoms with Gasteiger partial charge in [-0.25, -0.2) is 4.68 Å². The Bertz CT molecular complexity index is 830.